The van der Waals surface area contributed by atoms with Crippen LogP contribution < -0.4 is 42.6 Å². The Morgan fingerprint density at radius 2 is 0.725 bits per heavy atom. The number of methoxy groups -OCH3 is 6. The lowest BCUT2D eigenvalue weighted by atomic mass is 10.0. The molecule has 2 aliphatic heterocycles. The number of carbonyl (C=O) groups is 3. The second kappa shape index (κ2) is 26.6. The van der Waals surface area contributed by atoms with Gasteiger partial charge < -0.3 is 52.4 Å². The maximum absolute atomic E-state index is 12.9. The van der Waals surface area contributed by atoms with E-state index < -0.39 is 0 Å². The summed E-state index contributed by atoms with van der Waals surface area (Å²) in [7, 11) is 9.57. The Balaban J connectivity index is 0.000000145. The summed E-state index contributed by atoms with van der Waals surface area (Å²) >= 11 is 0. The van der Waals surface area contributed by atoms with E-state index in [-0.39, 0.29) is 17.3 Å². The first-order valence-corrected chi connectivity index (χ1v) is 28.0. The van der Waals surface area contributed by atoms with Crippen molar-refractivity contribution in [1.29, 1.82) is 0 Å². The summed E-state index contributed by atoms with van der Waals surface area (Å²) in [6, 6.07) is 27.7. The van der Waals surface area contributed by atoms with Crippen LogP contribution in [0.2, 0.25) is 0 Å². The molecule has 0 aromatic heterocycles. The minimum Gasteiger partial charge on any atom is -0.497 e. The molecule has 6 aromatic carbocycles. The van der Waals surface area contributed by atoms with Crippen molar-refractivity contribution in [3.63, 3.8) is 0 Å². The highest BCUT2D eigenvalue weighted by Gasteiger charge is 2.36. The Hall–Kier alpha value is -7.59. The van der Waals surface area contributed by atoms with Crippen LogP contribution in [0.15, 0.2) is 91.0 Å². The molecule has 5 aliphatic rings. The average molecular weight is 1090 g/mol. The van der Waals surface area contributed by atoms with Gasteiger partial charge in [-0.2, -0.15) is 0 Å². The molecule has 2 saturated heterocycles. The van der Waals surface area contributed by atoms with Gasteiger partial charge in [0.2, 0.25) is 0 Å². The maximum Gasteiger partial charge on any atom is 0.194 e. The van der Waals surface area contributed by atoms with Crippen LogP contribution in [0, 0.1) is 0 Å². The molecule has 15 nitrogen and oxygen atoms in total. The SMILES string of the molecule is CCN(CC)CCCOc1cccc2c1-c1c(OC)cc(OC)cc1C2=O.COc1cc(OC)c2c(c1)C(=O)c1cccc(OCCCN3CCCC3)c1-2.COc1cc(OC)c2c(c1)C(=O)c1cccc(OCCN3CCCC3)c1-2. The van der Waals surface area contributed by atoms with Crippen LogP contribution >= 0.6 is 0 Å². The molecule has 6 aromatic rings. The summed E-state index contributed by atoms with van der Waals surface area (Å²) in [5, 5.41) is 0. The third kappa shape index (κ3) is 12.0. The van der Waals surface area contributed by atoms with Gasteiger partial charge in [0.1, 0.15) is 58.4 Å². The van der Waals surface area contributed by atoms with E-state index in [1.54, 1.807) is 66.9 Å². The molecule has 0 bridgehead atoms. The van der Waals surface area contributed by atoms with Crippen molar-refractivity contribution < 1.29 is 57.0 Å². The van der Waals surface area contributed by atoms with Crippen molar-refractivity contribution in [3.05, 3.63) is 124 Å². The van der Waals surface area contributed by atoms with Crippen molar-refractivity contribution in [2.45, 2.75) is 52.4 Å². The molecule has 0 radical (unpaired) electrons. The zero-order valence-corrected chi connectivity index (χ0v) is 47.6. The van der Waals surface area contributed by atoms with Crippen LogP contribution in [0.4, 0.5) is 0 Å². The molecule has 3 aliphatic carbocycles. The topological polar surface area (TPSA) is 144 Å². The molecule has 0 saturated carbocycles. The van der Waals surface area contributed by atoms with Crippen molar-refractivity contribution in [2.75, 3.05) is 121 Å². The smallest absolute Gasteiger partial charge is 0.194 e. The number of likely N-dealkylation sites (tertiary alicyclic amines) is 2. The van der Waals surface area contributed by atoms with Crippen LogP contribution in [-0.4, -0.2) is 153 Å². The second-order valence-corrected chi connectivity index (χ2v) is 20.2. The summed E-state index contributed by atoms with van der Waals surface area (Å²) in [6.45, 7) is 15.9. The van der Waals surface area contributed by atoms with Crippen molar-refractivity contribution in [1.82, 2.24) is 14.7 Å². The monoisotopic (exact) mass is 1090 g/mol. The summed E-state index contributed by atoms with van der Waals surface area (Å²) in [5.74, 6) is 5.85. The lowest BCUT2D eigenvalue weighted by Crippen LogP contribution is -2.25. The Kier molecular flexibility index (Phi) is 19.0. The van der Waals surface area contributed by atoms with E-state index in [2.05, 4.69) is 28.5 Å². The molecule has 422 valence electrons. The molecular formula is C65H75N3O12. The van der Waals surface area contributed by atoms with E-state index in [0.717, 1.165) is 109 Å². The normalized spacial score (nSPS) is 14.4. The minimum absolute atomic E-state index is 0.0142. The van der Waals surface area contributed by atoms with Gasteiger partial charge in [0.25, 0.3) is 0 Å². The number of ketones is 3. The zero-order chi connectivity index (χ0) is 56.3. The molecule has 2 fully saturated rings. The highest BCUT2D eigenvalue weighted by atomic mass is 16.5. The first kappa shape index (κ1) is 57.1. The highest BCUT2D eigenvalue weighted by Crippen LogP contribution is 2.52. The third-order valence-electron chi connectivity index (χ3n) is 15.6. The number of carbonyl (C=O) groups excluding carboxylic acids is 3. The van der Waals surface area contributed by atoms with Gasteiger partial charge in [-0.1, -0.05) is 50.2 Å². The first-order chi connectivity index (χ1) is 39.1. The summed E-state index contributed by atoms with van der Waals surface area (Å²) in [6.07, 6.45) is 7.05. The molecule has 0 spiro atoms. The van der Waals surface area contributed by atoms with E-state index >= 15 is 0 Å². The van der Waals surface area contributed by atoms with Gasteiger partial charge in [-0.15, -0.1) is 0 Å². The molecule has 0 amide bonds. The Morgan fingerprint density at radius 1 is 0.388 bits per heavy atom. The summed E-state index contributed by atoms with van der Waals surface area (Å²) < 4.78 is 50.9. The molecule has 0 atom stereocenters. The standard InChI is InChI=1S/C22H25NO4.C22H27NO4.C21H23NO4/c1-25-15-13-17-21(19(14-15)26-2)20-16(22(17)24)7-5-8-18(20)27-12-6-11-23-9-3-4-10-23;1-5-23(6-2)11-8-12-27-18-10-7-9-16-20(18)21-17(22(16)24)13-15(25-3)14-19(21)26-4;1-24-14-12-16-20(18(13-14)25-2)19-15(21(16)23)6-5-7-17(19)26-11-10-22-8-3-4-9-22/h5,7-8,13-14H,3-4,6,9-12H2,1-2H3;7,9-10,13-14H,5-6,8,11-12H2,1-4H3;5-7,12-13H,3-4,8-11H2,1-2H3. The number of benzene rings is 6. The summed E-state index contributed by atoms with van der Waals surface area (Å²) in [4.78, 5) is 45.9. The van der Waals surface area contributed by atoms with E-state index in [1.807, 2.05) is 66.7 Å². The summed E-state index contributed by atoms with van der Waals surface area (Å²) in [5.41, 5.74) is 8.64. The fraction of sp³-hybridized carbons (Fsp3) is 0.400. The van der Waals surface area contributed by atoms with E-state index in [4.69, 9.17) is 42.6 Å². The number of rotatable bonds is 22. The predicted octanol–water partition coefficient (Wildman–Crippen LogP) is 11.2. The molecule has 80 heavy (non-hydrogen) atoms. The van der Waals surface area contributed by atoms with Gasteiger partial charge in [0.05, 0.1) is 55.9 Å². The van der Waals surface area contributed by atoms with E-state index in [9.17, 15) is 14.4 Å². The van der Waals surface area contributed by atoms with Gasteiger partial charge in [-0.3, -0.25) is 19.3 Å². The second-order valence-electron chi connectivity index (χ2n) is 20.2. The molecule has 2 heterocycles. The largest absolute Gasteiger partial charge is 0.497 e. The number of ether oxygens (including phenoxy) is 9. The number of hydrogen-bond acceptors (Lipinski definition) is 15. The van der Waals surface area contributed by atoms with Gasteiger partial charge >= 0.3 is 0 Å². The first-order valence-electron chi connectivity index (χ1n) is 28.0. The minimum atomic E-state index is -0.0224. The Bertz CT molecular complexity index is 3060. The van der Waals surface area contributed by atoms with E-state index in [0.29, 0.717) is 87.7 Å². The molecule has 0 unspecified atom stereocenters. The highest BCUT2D eigenvalue weighted by molar-refractivity contribution is 6.25. The lowest BCUT2D eigenvalue weighted by Gasteiger charge is -2.18. The van der Waals surface area contributed by atoms with Crippen LogP contribution in [0.25, 0.3) is 33.4 Å². The molecule has 11 rings (SSSR count). The number of hydrogen-bond donors (Lipinski definition) is 0. The number of fused-ring (bicyclic) bond motifs is 9. The molecular weight excluding hydrogens is 1010 g/mol. The molecule has 0 N–H and O–H groups in total. The van der Waals surface area contributed by atoms with Gasteiger partial charge in [0, 0.05) is 105 Å². The van der Waals surface area contributed by atoms with E-state index in [1.165, 1.54) is 38.8 Å². The number of nitrogens with zero attached hydrogens (tertiary/aromatic N) is 3. The van der Waals surface area contributed by atoms with Crippen LogP contribution in [0.1, 0.15) is 100 Å². The Labute approximate surface area is 470 Å². The lowest BCUT2D eigenvalue weighted by molar-refractivity contribution is 0.103. The van der Waals surface area contributed by atoms with Crippen LogP contribution in [0.5, 0.6) is 51.7 Å². The van der Waals surface area contributed by atoms with Crippen LogP contribution in [0.3, 0.4) is 0 Å². The zero-order valence-electron chi connectivity index (χ0n) is 47.6. The van der Waals surface area contributed by atoms with Gasteiger partial charge in [-0.25, -0.2) is 0 Å². The van der Waals surface area contributed by atoms with Gasteiger partial charge in [0.15, 0.2) is 17.3 Å². The fourth-order valence-electron chi connectivity index (χ4n) is 11.4. The average Bonchev–Trinajstić information content (AvgIpc) is 4.38. The quantitative estimate of drug-likeness (QED) is 0.0593. The Morgan fingerprint density at radius 3 is 1.07 bits per heavy atom. The van der Waals surface area contributed by atoms with Crippen molar-refractivity contribution >= 4 is 17.3 Å². The van der Waals surface area contributed by atoms with Crippen molar-refractivity contribution in [2.24, 2.45) is 0 Å². The fourth-order valence-corrected chi connectivity index (χ4v) is 11.4. The maximum atomic E-state index is 12.9. The van der Waals surface area contributed by atoms with Crippen molar-refractivity contribution in [3.8, 4) is 85.1 Å². The third-order valence-corrected chi connectivity index (χ3v) is 15.6. The van der Waals surface area contributed by atoms with Gasteiger partial charge in [-0.05, 0) is 114 Å². The predicted molar refractivity (Wildman–Crippen MR) is 310 cm³/mol. The molecule has 15 heteroatoms. The van der Waals surface area contributed by atoms with Crippen LogP contribution in [-0.2, 0) is 0 Å².